The van der Waals surface area contributed by atoms with Gasteiger partial charge in [0.05, 0.1) is 11.5 Å². The second kappa shape index (κ2) is 18.4. The second-order valence-electron chi connectivity index (χ2n) is 9.99. The van der Waals surface area contributed by atoms with E-state index in [-0.39, 0.29) is 10.9 Å². The molecule has 1 atom stereocenters. The Hall–Kier alpha value is -4.65. The molecule has 1 unspecified atom stereocenters. The minimum atomic E-state index is -1.16. The van der Waals surface area contributed by atoms with Crippen LogP contribution in [0.4, 0.5) is 4.39 Å². The molecular formula is C37H36FNO5S2. The normalized spacial score (nSPS) is 15.5. The van der Waals surface area contributed by atoms with E-state index in [0.717, 1.165) is 39.8 Å². The number of aliphatic carboxylic acids is 1. The molecule has 1 fully saturated rings. The van der Waals surface area contributed by atoms with Crippen LogP contribution in [0.1, 0.15) is 50.3 Å². The number of rotatable bonds is 16. The lowest BCUT2D eigenvalue weighted by Crippen LogP contribution is -2.33. The molecule has 0 aliphatic carbocycles. The number of benzene rings is 2. The highest BCUT2D eigenvalue weighted by atomic mass is 32.2. The molecule has 238 valence electrons. The first-order chi connectivity index (χ1) is 22.2. The Morgan fingerprint density at radius 1 is 1.22 bits per heavy atom. The molecule has 0 spiro atoms. The van der Waals surface area contributed by atoms with E-state index in [2.05, 4.69) is 12.5 Å². The van der Waals surface area contributed by atoms with Gasteiger partial charge in [0.2, 0.25) is 0 Å². The molecule has 2 aromatic carbocycles. The van der Waals surface area contributed by atoms with Gasteiger partial charge in [-0.25, -0.2) is 4.39 Å². The summed E-state index contributed by atoms with van der Waals surface area (Å²) in [6, 6.07) is 14.9. The fourth-order valence-electron chi connectivity index (χ4n) is 4.43. The standard InChI is InChI=1S/C37H36FNO5S2/c1-5-8-14-29(13-7-3)35(30-15-10-9-11-16-30)44-32-23-28(24-33-36(42)39(25-34(40)41)37(45)46-33)19-20-31(32)43-22-21-27(12-6-2)18-17-26(4)38/h3,5,8-12,14-20,23-24,35H,4,6,13,21-22,25H2,1-2H3,(H,40,41)/b8-5-,18-17-,27-12+,29-14+,33-24-. The molecule has 46 heavy (non-hydrogen) atoms. The first-order valence-electron chi connectivity index (χ1n) is 14.6. The number of nitrogens with zero attached hydrogens (tertiary/aromatic N) is 1. The lowest BCUT2D eigenvalue weighted by atomic mass is 9.98. The maximum absolute atomic E-state index is 13.3. The Morgan fingerprint density at radius 2 is 1.98 bits per heavy atom. The summed E-state index contributed by atoms with van der Waals surface area (Å²) in [5.74, 6) is 1.42. The van der Waals surface area contributed by atoms with Crippen LogP contribution >= 0.6 is 24.0 Å². The number of ether oxygens (including phenoxy) is 2. The molecule has 0 aromatic heterocycles. The van der Waals surface area contributed by atoms with Gasteiger partial charge in [0.15, 0.2) is 11.5 Å². The van der Waals surface area contributed by atoms with Gasteiger partial charge in [-0.1, -0.05) is 104 Å². The third kappa shape index (κ3) is 10.8. The number of carbonyl (C=O) groups is 2. The molecule has 0 bridgehead atoms. The fraction of sp³-hybridized carbons (Fsp3) is 0.216. The number of hydrogen-bond acceptors (Lipinski definition) is 6. The Balaban J connectivity index is 2.04. The van der Waals surface area contributed by atoms with Crippen LogP contribution in [0.5, 0.6) is 11.5 Å². The van der Waals surface area contributed by atoms with Crippen LogP contribution in [-0.2, 0) is 9.59 Å². The van der Waals surface area contributed by atoms with Gasteiger partial charge in [-0.2, -0.15) is 0 Å². The number of terminal acetylenes is 1. The molecule has 1 aliphatic rings. The molecule has 6 nitrogen and oxygen atoms in total. The summed E-state index contributed by atoms with van der Waals surface area (Å²) >= 11 is 6.29. The van der Waals surface area contributed by atoms with E-state index in [1.807, 2.05) is 68.5 Å². The van der Waals surface area contributed by atoms with Crippen LogP contribution in [0.15, 0.2) is 113 Å². The fourth-order valence-corrected chi connectivity index (χ4v) is 5.69. The van der Waals surface area contributed by atoms with Gasteiger partial charge in [0, 0.05) is 12.8 Å². The summed E-state index contributed by atoms with van der Waals surface area (Å²) in [5, 5.41) is 9.19. The largest absolute Gasteiger partial charge is 0.489 e. The highest BCUT2D eigenvalue weighted by Crippen LogP contribution is 2.38. The molecule has 1 saturated heterocycles. The van der Waals surface area contributed by atoms with Crippen molar-refractivity contribution < 1.29 is 28.6 Å². The molecule has 1 N–H and O–H groups in total. The van der Waals surface area contributed by atoms with Crippen molar-refractivity contribution in [1.82, 2.24) is 4.90 Å². The molecule has 2 aromatic rings. The number of halogens is 1. The minimum Gasteiger partial charge on any atom is -0.489 e. The zero-order valence-corrected chi connectivity index (χ0v) is 27.4. The maximum Gasteiger partial charge on any atom is 0.323 e. The number of amides is 1. The topological polar surface area (TPSA) is 76.1 Å². The average Bonchev–Trinajstić information content (AvgIpc) is 3.28. The first kappa shape index (κ1) is 35.8. The molecule has 0 radical (unpaired) electrons. The van der Waals surface area contributed by atoms with Crippen molar-refractivity contribution in [2.24, 2.45) is 0 Å². The maximum atomic E-state index is 13.3. The zero-order valence-electron chi connectivity index (χ0n) is 25.8. The van der Waals surface area contributed by atoms with Crippen molar-refractivity contribution in [2.75, 3.05) is 13.2 Å². The van der Waals surface area contributed by atoms with Crippen LogP contribution in [-0.4, -0.2) is 39.4 Å². The van der Waals surface area contributed by atoms with Crippen molar-refractivity contribution in [1.29, 1.82) is 0 Å². The van der Waals surface area contributed by atoms with Gasteiger partial charge >= 0.3 is 5.97 Å². The van der Waals surface area contributed by atoms with E-state index in [1.54, 1.807) is 30.4 Å². The van der Waals surface area contributed by atoms with E-state index in [9.17, 15) is 19.1 Å². The Kier molecular flexibility index (Phi) is 14.3. The molecule has 3 rings (SSSR count). The van der Waals surface area contributed by atoms with Crippen LogP contribution < -0.4 is 9.47 Å². The highest BCUT2D eigenvalue weighted by molar-refractivity contribution is 8.26. The van der Waals surface area contributed by atoms with Crippen molar-refractivity contribution in [2.45, 2.75) is 39.2 Å². The number of carbonyl (C=O) groups excluding carboxylic acids is 1. The summed E-state index contributed by atoms with van der Waals surface area (Å²) in [4.78, 5) is 25.5. The third-order valence-corrected chi connectivity index (χ3v) is 7.90. The second-order valence-corrected chi connectivity index (χ2v) is 11.7. The molecule has 0 saturated carbocycles. The van der Waals surface area contributed by atoms with Crippen LogP contribution in [0.25, 0.3) is 6.08 Å². The summed E-state index contributed by atoms with van der Waals surface area (Å²) in [6.45, 7) is 6.96. The van der Waals surface area contributed by atoms with Crippen molar-refractivity contribution in [3.05, 3.63) is 125 Å². The quantitative estimate of drug-likeness (QED) is 0.0837. The van der Waals surface area contributed by atoms with Crippen LogP contribution in [0, 0.1) is 12.3 Å². The number of hydrogen-bond donors (Lipinski definition) is 1. The van der Waals surface area contributed by atoms with Gasteiger partial charge in [0.1, 0.15) is 22.8 Å². The summed E-state index contributed by atoms with van der Waals surface area (Å²) in [5.41, 5.74) is 3.25. The predicted molar refractivity (Wildman–Crippen MR) is 188 cm³/mol. The third-order valence-electron chi connectivity index (χ3n) is 6.52. The Morgan fingerprint density at radius 3 is 2.63 bits per heavy atom. The number of thioether (sulfide) groups is 1. The van der Waals surface area contributed by atoms with E-state index >= 15 is 0 Å². The SMILES string of the molecule is C#CC/C(=C\C=C/C)C(Oc1cc(/C=C2\SC(=S)N(CC(=O)O)C2=O)ccc1OCCC(/C=C\C(=C)F)=C/CC)c1ccccc1. The monoisotopic (exact) mass is 657 g/mol. The zero-order chi connectivity index (χ0) is 33.5. The van der Waals surface area contributed by atoms with E-state index in [4.69, 9.17) is 28.1 Å². The minimum absolute atomic E-state index is 0.175. The van der Waals surface area contributed by atoms with Crippen LogP contribution in [0.2, 0.25) is 0 Å². The number of thiocarbonyl (C=S) groups is 1. The van der Waals surface area contributed by atoms with Gasteiger partial charge in [-0.05, 0) is 59.9 Å². The van der Waals surface area contributed by atoms with Crippen molar-refractivity contribution >= 4 is 46.3 Å². The van der Waals surface area contributed by atoms with E-state index < -0.39 is 30.4 Å². The van der Waals surface area contributed by atoms with Gasteiger partial charge in [-0.15, -0.1) is 12.3 Å². The summed E-state index contributed by atoms with van der Waals surface area (Å²) in [7, 11) is 0. The van der Waals surface area contributed by atoms with Gasteiger partial charge in [0.25, 0.3) is 5.91 Å². The van der Waals surface area contributed by atoms with E-state index in [1.165, 1.54) is 6.08 Å². The van der Waals surface area contributed by atoms with Gasteiger partial charge < -0.3 is 14.6 Å². The first-order valence-corrected chi connectivity index (χ1v) is 15.8. The van der Waals surface area contributed by atoms with E-state index in [0.29, 0.717) is 34.8 Å². The molecule has 1 amide bonds. The summed E-state index contributed by atoms with van der Waals surface area (Å²) in [6.07, 6.45) is 19.2. The molecular weight excluding hydrogens is 622 g/mol. The Bertz CT molecular complexity index is 1630. The predicted octanol–water partition coefficient (Wildman–Crippen LogP) is 8.76. The summed E-state index contributed by atoms with van der Waals surface area (Å²) < 4.78 is 26.4. The van der Waals surface area contributed by atoms with Gasteiger partial charge in [-0.3, -0.25) is 14.5 Å². The smallest absolute Gasteiger partial charge is 0.323 e. The average molecular weight is 658 g/mol. The molecule has 1 aliphatic heterocycles. The Labute approximate surface area is 279 Å². The number of allylic oxidation sites excluding steroid dienone is 7. The lowest BCUT2D eigenvalue weighted by Gasteiger charge is -2.24. The lowest BCUT2D eigenvalue weighted by molar-refractivity contribution is -0.140. The molecule has 1 heterocycles. The highest BCUT2D eigenvalue weighted by Gasteiger charge is 2.33. The number of carboxylic acids is 1. The number of carboxylic acid groups (broad SMARTS) is 1. The molecule has 9 heteroatoms. The van der Waals surface area contributed by atoms with Crippen LogP contribution in [0.3, 0.4) is 0 Å². The van der Waals surface area contributed by atoms with Crippen molar-refractivity contribution in [3.63, 3.8) is 0 Å². The van der Waals surface area contributed by atoms with Crippen molar-refractivity contribution in [3.8, 4) is 23.8 Å².